The number of carbonyl (C=O) groups excluding carboxylic acids is 1. The highest BCUT2D eigenvalue weighted by Gasteiger charge is 2.21. The van der Waals surface area contributed by atoms with Crippen molar-refractivity contribution in [3.8, 4) is 0 Å². The molecule has 1 amide bonds. The van der Waals surface area contributed by atoms with Crippen LogP contribution in [0.1, 0.15) is 60.3 Å². The molecule has 1 saturated heterocycles. The van der Waals surface area contributed by atoms with Crippen molar-refractivity contribution in [2.75, 3.05) is 46.0 Å². The number of carbonyl (C=O) groups is 1. The highest BCUT2D eigenvalue weighted by atomic mass is 16.5. The van der Waals surface area contributed by atoms with E-state index in [9.17, 15) is 4.79 Å². The monoisotopic (exact) mass is 356 g/mol. The lowest BCUT2D eigenvalue weighted by atomic mass is 9.83. The molecule has 1 fully saturated rings. The van der Waals surface area contributed by atoms with Gasteiger partial charge in [0.1, 0.15) is 0 Å². The molecule has 1 aliphatic heterocycles. The Balaban J connectivity index is 2.09. The molecule has 25 heavy (non-hydrogen) atoms. The summed E-state index contributed by atoms with van der Waals surface area (Å²) in [5.41, 5.74) is 0.440. The number of hydrogen-bond acceptors (Lipinski definition) is 4. The second kappa shape index (κ2) is 11.9. The first kappa shape index (κ1) is 22.4. The van der Waals surface area contributed by atoms with E-state index < -0.39 is 0 Å². The van der Waals surface area contributed by atoms with E-state index in [4.69, 9.17) is 9.47 Å². The van der Waals surface area contributed by atoms with E-state index in [1.165, 1.54) is 19.3 Å². The normalized spacial score (nSPS) is 19.4. The first-order valence-electron chi connectivity index (χ1n) is 10.0. The van der Waals surface area contributed by atoms with Gasteiger partial charge in [0, 0.05) is 38.7 Å². The maximum atomic E-state index is 11.7. The Morgan fingerprint density at radius 2 is 2.08 bits per heavy atom. The number of nitrogens with one attached hydrogen (secondary N) is 1. The van der Waals surface area contributed by atoms with Crippen LogP contribution in [-0.4, -0.2) is 62.9 Å². The molecule has 5 nitrogen and oxygen atoms in total. The summed E-state index contributed by atoms with van der Waals surface area (Å²) in [5, 5.41) is 2.96. The lowest BCUT2D eigenvalue weighted by molar-refractivity contribution is -0.125. The highest BCUT2D eigenvalue weighted by Crippen LogP contribution is 2.27. The van der Waals surface area contributed by atoms with Gasteiger partial charge in [-0.25, -0.2) is 0 Å². The minimum atomic E-state index is 0.0235. The first-order chi connectivity index (χ1) is 11.8. The Hall–Kier alpha value is -0.650. The molecule has 5 heteroatoms. The number of amides is 1. The Labute approximate surface area is 154 Å². The largest absolute Gasteiger partial charge is 0.380 e. The minimum Gasteiger partial charge on any atom is -0.380 e. The molecule has 0 spiro atoms. The zero-order valence-corrected chi connectivity index (χ0v) is 17.1. The average molecular weight is 357 g/mol. The zero-order chi connectivity index (χ0) is 18.7. The van der Waals surface area contributed by atoms with Crippen LogP contribution in [0.25, 0.3) is 0 Å². The predicted octanol–water partition coefficient (Wildman–Crippen LogP) is 3.08. The average Bonchev–Trinajstić information content (AvgIpc) is 2.56. The van der Waals surface area contributed by atoms with E-state index in [1.807, 2.05) is 13.8 Å². The summed E-state index contributed by atoms with van der Waals surface area (Å²) in [6.07, 6.45) is 5.00. The van der Waals surface area contributed by atoms with Crippen molar-refractivity contribution in [3.63, 3.8) is 0 Å². The molecule has 0 aliphatic carbocycles. The van der Waals surface area contributed by atoms with Gasteiger partial charge in [-0.15, -0.1) is 0 Å². The van der Waals surface area contributed by atoms with Crippen molar-refractivity contribution < 1.29 is 14.3 Å². The van der Waals surface area contributed by atoms with Gasteiger partial charge in [-0.2, -0.15) is 0 Å². The molecule has 148 valence electrons. The van der Waals surface area contributed by atoms with Gasteiger partial charge in [-0.3, -0.25) is 9.69 Å². The second-order valence-electron chi connectivity index (χ2n) is 8.32. The molecule has 0 saturated carbocycles. The van der Waals surface area contributed by atoms with Crippen LogP contribution in [0.15, 0.2) is 0 Å². The van der Waals surface area contributed by atoms with Crippen LogP contribution < -0.4 is 5.32 Å². The van der Waals surface area contributed by atoms with Gasteiger partial charge in [0.05, 0.1) is 19.3 Å². The molecular weight excluding hydrogens is 316 g/mol. The third-order valence-electron chi connectivity index (χ3n) is 4.87. The summed E-state index contributed by atoms with van der Waals surface area (Å²) in [7, 11) is 0. The molecule has 0 aromatic heterocycles. The maximum absolute atomic E-state index is 11.7. The topological polar surface area (TPSA) is 50.8 Å². The van der Waals surface area contributed by atoms with E-state index >= 15 is 0 Å². The standard InChI is InChI=1S/C20H40N2O3/c1-6-8-20(4,5)9-7-12-24-13-10-22-11-14-25-18(16-22)15-21-19(23)17(2)3/h17-18H,6-16H2,1-5H3,(H,21,23)/t18-/m0/s1. The fraction of sp³-hybridized carbons (Fsp3) is 0.950. The maximum Gasteiger partial charge on any atom is 0.222 e. The highest BCUT2D eigenvalue weighted by molar-refractivity contribution is 5.77. The summed E-state index contributed by atoms with van der Waals surface area (Å²) in [5.74, 6) is 0.116. The zero-order valence-electron chi connectivity index (χ0n) is 17.1. The van der Waals surface area contributed by atoms with E-state index in [1.54, 1.807) is 0 Å². The van der Waals surface area contributed by atoms with E-state index in [0.29, 0.717) is 12.0 Å². The molecule has 0 aromatic carbocycles. The third kappa shape index (κ3) is 10.2. The van der Waals surface area contributed by atoms with E-state index in [0.717, 1.165) is 45.9 Å². The van der Waals surface area contributed by atoms with Crippen LogP contribution in [0.2, 0.25) is 0 Å². The lowest BCUT2D eigenvalue weighted by Crippen LogP contribution is -2.48. The molecule has 0 radical (unpaired) electrons. The fourth-order valence-electron chi connectivity index (χ4n) is 3.28. The second-order valence-corrected chi connectivity index (χ2v) is 8.32. The van der Waals surface area contributed by atoms with Crippen molar-refractivity contribution in [2.45, 2.75) is 66.4 Å². The molecule has 1 aliphatic rings. The number of nitrogens with zero attached hydrogens (tertiary/aromatic N) is 1. The summed E-state index contributed by atoms with van der Waals surface area (Å²) in [6, 6.07) is 0. The summed E-state index contributed by atoms with van der Waals surface area (Å²) < 4.78 is 11.6. The summed E-state index contributed by atoms with van der Waals surface area (Å²) in [4.78, 5) is 14.0. The number of hydrogen-bond donors (Lipinski definition) is 1. The quantitative estimate of drug-likeness (QED) is 0.546. The van der Waals surface area contributed by atoms with Crippen LogP contribution in [-0.2, 0) is 14.3 Å². The SMILES string of the molecule is CCCC(C)(C)CCCOCCN1CCO[C@@H](CNC(=O)C(C)C)C1. The van der Waals surface area contributed by atoms with Crippen LogP contribution in [0.5, 0.6) is 0 Å². The van der Waals surface area contributed by atoms with Gasteiger partial charge in [0.25, 0.3) is 0 Å². The van der Waals surface area contributed by atoms with Crippen molar-refractivity contribution >= 4 is 5.91 Å². The van der Waals surface area contributed by atoms with Gasteiger partial charge < -0.3 is 14.8 Å². The van der Waals surface area contributed by atoms with Crippen LogP contribution in [0.4, 0.5) is 0 Å². The van der Waals surface area contributed by atoms with Crippen LogP contribution in [0.3, 0.4) is 0 Å². The van der Waals surface area contributed by atoms with Crippen LogP contribution in [0, 0.1) is 11.3 Å². The summed E-state index contributed by atoms with van der Waals surface area (Å²) >= 11 is 0. The van der Waals surface area contributed by atoms with Crippen molar-refractivity contribution in [2.24, 2.45) is 11.3 Å². The Morgan fingerprint density at radius 1 is 1.32 bits per heavy atom. The van der Waals surface area contributed by atoms with E-state index in [-0.39, 0.29) is 17.9 Å². The Morgan fingerprint density at radius 3 is 2.76 bits per heavy atom. The van der Waals surface area contributed by atoms with E-state index in [2.05, 4.69) is 31.0 Å². The molecule has 0 aromatic rings. The predicted molar refractivity (Wildman–Crippen MR) is 103 cm³/mol. The smallest absolute Gasteiger partial charge is 0.222 e. The third-order valence-corrected chi connectivity index (χ3v) is 4.87. The number of morpholine rings is 1. The fourth-order valence-corrected chi connectivity index (χ4v) is 3.28. The van der Waals surface area contributed by atoms with Gasteiger partial charge in [-0.05, 0) is 24.7 Å². The van der Waals surface area contributed by atoms with Gasteiger partial charge in [-0.1, -0.05) is 41.0 Å². The van der Waals surface area contributed by atoms with Gasteiger partial charge >= 0.3 is 0 Å². The van der Waals surface area contributed by atoms with Crippen molar-refractivity contribution in [3.05, 3.63) is 0 Å². The molecule has 1 heterocycles. The molecule has 1 rings (SSSR count). The lowest BCUT2D eigenvalue weighted by Gasteiger charge is -2.33. The number of ether oxygens (including phenoxy) is 2. The Kier molecular flexibility index (Phi) is 10.6. The summed E-state index contributed by atoms with van der Waals surface area (Å²) in [6.45, 7) is 16.5. The molecule has 1 atom stereocenters. The van der Waals surface area contributed by atoms with Gasteiger partial charge in [0.2, 0.25) is 5.91 Å². The van der Waals surface area contributed by atoms with Crippen molar-refractivity contribution in [1.29, 1.82) is 0 Å². The first-order valence-corrected chi connectivity index (χ1v) is 10.0. The molecular formula is C20H40N2O3. The number of rotatable bonds is 12. The minimum absolute atomic E-state index is 0.0235. The molecule has 0 unspecified atom stereocenters. The molecule has 1 N–H and O–H groups in total. The molecule has 0 bridgehead atoms. The van der Waals surface area contributed by atoms with Gasteiger partial charge in [0.15, 0.2) is 0 Å². The van der Waals surface area contributed by atoms with Crippen molar-refractivity contribution in [1.82, 2.24) is 10.2 Å². The van der Waals surface area contributed by atoms with Crippen LogP contribution >= 0.6 is 0 Å². The Bertz CT molecular complexity index is 372.